The fourth-order valence-corrected chi connectivity index (χ4v) is 8.76. The molecule has 0 aliphatic carbocycles. The number of furan rings is 1. The van der Waals surface area contributed by atoms with Crippen molar-refractivity contribution in [3.8, 4) is 55.6 Å². The monoisotopic (exact) mass is 765 g/mol. The summed E-state index contributed by atoms with van der Waals surface area (Å²) in [6, 6.07) is 84.9. The van der Waals surface area contributed by atoms with Crippen molar-refractivity contribution in [1.29, 1.82) is 0 Å². The SMILES string of the molecule is c1ccc(-c2ccc(-c3ccc(N(c4ccc5c(c4)oc4ccccc45)c4cc(-c5cccc6ccccc56)ccc4-c4ccccc4)cc3)cc2-c2ccccc2)cc1. The van der Waals surface area contributed by atoms with E-state index in [1.165, 1.54) is 44.2 Å². The van der Waals surface area contributed by atoms with Gasteiger partial charge in [-0.05, 0) is 103 Å². The zero-order valence-corrected chi connectivity index (χ0v) is 32.9. The predicted molar refractivity (Wildman–Crippen MR) is 253 cm³/mol. The lowest BCUT2D eigenvalue weighted by Gasteiger charge is -2.29. The predicted octanol–water partition coefficient (Wildman–Crippen LogP) is 16.5. The first kappa shape index (κ1) is 35.2. The first-order chi connectivity index (χ1) is 29.7. The van der Waals surface area contributed by atoms with E-state index in [1.807, 2.05) is 12.1 Å². The molecule has 2 nitrogen and oxygen atoms in total. The maximum Gasteiger partial charge on any atom is 0.137 e. The lowest BCUT2D eigenvalue weighted by molar-refractivity contribution is 0.669. The van der Waals surface area contributed by atoms with Crippen molar-refractivity contribution in [2.24, 2.45) is 0 Å². The third-order valence-electron chi connectivity index (χ3n) is 11.7. The average Bonchev–Trinajstić information content (AvgIpc) is 3.70. The quantitative estimate of drug-likeness (QED) is 0.153. The summed E-state index contributed by atoms with van der Waals surface area (Å²) in [6.45, 7) is 0. The van der Waals surface area contributed by atoms with Crippen LogP contribution >= 0.6 is 0 Å². The normalized spacial score (nSPS) is 11.3. The molecule has 0 amide bonds. The lowest BCUT2D eigenvalue weighted by Crippen LogP contribution is -2.11. The molecular formula is C58H39NO. The molecule has 11 rings (SSSR count). The standard InChI is InChI=1S/C58H39NO/c1-4-15-41(16-5-1)51-34-29-45(37-55(51)44-19-8-3-9-20-44)40-27-31-47(32-28-40)59(48-33-36-54-53-24-12-13-26-57(53)60-58(54)39-48)56-38-46(30-35-52(56)43-17-6-2-7-18-43)50-25-14-22-42-21-10-11-23-49(42)50/h1-39H. The zero-order chi connectivity index (χ0) is 39.8. The molecule has 0 saturated carbocycles. The van der Waals surface area contributed by atoms with Crippen LogP contribution in [0.3, 0.4) is 0 Å². The summed E-state index contributed by atoms with van der Waals surface area (Å²) < 4.78 is 6.51. The van der Waals surface area contributed by atoms with Crippen LogP contribution in [-0.2, 0) is 0 Å². The smallest absolute Gasteiger partial charge is 0.137 e. The fraction of sp³-hybridized carbons (Fsp3) is 0. The van der Waals surface area contributed by atoms with Crippen molar-refractivity contribution in [2.75, 3.05) is 4.90 Å². The molecule has 282 valence electrons. The summed E-state index contributed by atoms with van der Waals surface area (Å²) >= 11 is 0. The Balaban J connectivity index is 1.10. The van der Waals surface area contributed by atoms with Crippen LogP contribution in [0.15, 0.2) is 241 Å². The molecule has 0 saturated heterocycles. The van der Waals surface area contributed by atoms with Crippen molar-refractivity contribution < 1.29 is 4.42 Å². The molecule has 11 aromatic rings. The largest absolute Gasteiger partial charge is 0.456 e. The summed E-state index contributed by atoms with van der Waals surface area (Å²) in [5.74, 6) is 0. The van der Waals surface area contributed by atoms with Crippen LogP contribution < -0.4 is 4.90 Å². The van der Waals surface area contributed by atoms with Crippen molar-refractivity contribution in [1.82, 2.24) is 0 Å². The third kappa shape index (κ3) is 6.41. The second-order valence-corrected chi connectivity index (χ2v) is 15.3. The molecule has 0 fully saturated rings. The van der Waals surface area contributed by atoms with Gasteiger partial charge in [0.25, 0.3) is 0 Å². The van der Waals surface area contributed by atoms with Gasteiger partial charge in [0.15, 0.2) is 0 Å². The molecule has 10 aromatic carbocycles. The molecule has 1 aromatic heterocycles. The number of hydrogen-bond acceptors (Lipinski definition) is 2. The number of para-hydroxylation sites is 1. The molecule has 0 radical (unpaired) electrons. The Morgan fingerprint density at radius 2 is 0.817 bits per heavy atom. The molecular weight excluding hydrogens is 727 g/mol. The number of nitrogens with zero attached hydrogens (tertiary/aromatic N) is 1. The Kier molecular flexibility index (Phi) is 8.87. The topological polar surface area (TPSA) is 16.4 Å². The number of benzene rings is 10. The van der Waals surface area contributed by atoms with Crippen LogP contribution in [0.1, 0.15) is 0 Å². The summed E-state index contributed by atoms with van der Waals surface area (Å²) in [5.41, 5.74) is 16.7. The Bertz CT molecular complexity index is 3290. The molecule has 2 heteroatoms. The Labute approximate surface area is 349 Å². The van der Waals surface area contributed by atoms with Gasteiger partial charge in [-0.2, -0.15) is 0 Å². The van der Waals surface area contributed by atoms with E-state index >= 15 is 0 Å². The Morgan fingerprint density at radius 1 is 0.267 bits per heavy atom. The number of hydrogen-bond donors (Lipinski definition) is 0. The maximum absolute atomic E-state index is 6.51. The Morgan fingerprint density at radius 3 is 1.57 bits per heavy atom. The van der Waals surface area contributed by atoms with Gasteiger partial charge in [-0.1, -0.05) is 188 Å². The van der Waals surface area contributed by atoms with Gasteiger partial charge in [-0.15, -0.1) is 0 Å². The summed E-state index contributed by atoms with van der Waals surface area (Å²) in [4.78, 5) is 2.39. The first-order valence-corrected chi connectivity index (χ1v) is 20.5. The van der Waals surface area contributed by atoms with E-state index < -0.39 is 0 Å². The van der Waals surface area contributed by atoms with Crippen LogP contribution in [0.25, 0.3) is 88.3 Å². The van der Waals surface area contributed by atoms with Gasteiger partial charge < -0.3 is 9.32 Å². The van der Waals surface area contributed by atoms with E-state index in [4.69, 9.17) is 4.42 Å². The van der Waals surface area contributed by atoms with E-state index in [-0.39, 0.29) is 0 Å². The van der Waals surface area contributed by atoms with Crippen LogP contribution in [0.2, 0.25) is 0 Å². The van der Waals surface area contributed by atoms with Crippen molar-refractivity contribution >= 4 is 49.8 Å². The van der Waals surface area contributed by atoms with Gasteiger partial charge in [0.2, 0.25) is 0 Å². The first-order valence-electron chi connectivity index (χ1n) is 20.5. The van der Waals surface area contributed by atoms with Crippen molar-refractivity contribution in [3.05, 3.63) is 237 Å². The van der Waals surface area contributed by atoms with Crippen molar-refractivity contribution in [3.63, 3.8) is 0 Å². The summed E-state index contributed by atoms with van der Waals surface area (Å²) in [5, 5.41) is 4.67. The molecule has 0 N–H and O–H groups in total. The summed E-state index contributed by atoms with van der Waals surface area (Å²) in [7, 11) is 0. The highest BCUT2D eigenvalue weighted by atomic mass is 16.3. The maximum atomic E-state index is 6.51. The van der Waals surface area contributed by atoms with Crippen LogP contribution in [-0.4, -0.2) is 0 Å². The lowest BCUT2D eigenvalue weighted by atomic mass is 9.91. The molecule has 1 heterocycles. The molecule has 0 spiro atoms. The van der Waals surface area contributed by atoms with E-state index in [2.05, 4.69) is 229 Å². The Hall–Kier alpha value is -7.94. The van der Waals surface area contributed by atoms with Crippen LogP contribution in [0.5, 0.6) is 0 Å². The third-order valence-corrected chi connectivity index (χ3v) is 11.7. The number of rotatable bonds is 8. The second-order valence-electron chi connectivity index (χ2n) is 15.3. The zero-order valence-electron chi connectivity index (χ0n) is 32.9. The van der Waals surface area contributed by atoms with Crippen molar-refractivity contribution in [2.45, 2.75) is 0 Å². The van der Waals surface area contributed by atoms with Gasteiger partial charge in [-0.25, -0.2) is 0 Å². The second kappa shape index (κ2) is 15.1. The van der Waals surface area contributed by atoms with Gasteiger partial charge in [0, 0.05) is 33.8 Å². The van der Waals surface area contributed by atoms with Gasteiger partial charge in [-0.3, -0.25) is 0 Å². The van der Waals surface area contributed by atoms with Crippen LogP contribution in [0.4, 0.5) is 17.1 Å². The molecule has 0 atom stereocenters. The molecule has 60 heavy (non-hydrogen) atoms. The molecule has 0 unspecified atom stereocenters. The number of anilines is 3. The highest BCUT2D eigenvalue weighted by molar-refractivity contribution is 6.07. The van der Waals surface area contributed by atoms with E-state index in [0.29, 0.717) is 0 Å². The van der Waals surface area contributed by atoms with Gasteiger partial charge in [0.1, 0.15) is 11.2 Å². The minimum Gasteiger partial charge on any atom is -0.456 e. The van der Waals surface area contributed by atoms with Crippen LogP contribution in [0, 0.1) is 0 Å². The average molecular weight is 766 g/mol. The van der Waals surface area contributed by atoms with E-state index in [1.54, 1.807) is 0 Å². The molecule has 0 bridgehead atoms. The summed E-state index contributed by atoms with van der Waals surface area (Å²) in [6.07, 6.45) is 0. The van der Waals surface area contributed by atoms with E-state index in [0.717, 1.165) is 61.3 Å². The number of fused-ring (bicyclic) bond motifs is 4. The van der Waals surface area contributed by atoms with Gasteiger partial charge in [0.05, 0.1) is 5.69 Å². The molecule has 0 aliphatic heterocycles. The minimum absolute atomic E-state index is 0.855. The minimum atomic E-state index is 0.855. The highest BCUT2D eigenvalue weighted by Gasteiger charge is 2.21. The van der Waals surface area contributed by atoms with E-state index in [9.17, 15) is 0 Å². The fourth-order valence-electron chi connectivity index (χ4n) is 8.76. The molecule has 0 aliphatic rings. The highest BCUT2D eigenvalue weighted by Crippen LogP contribution is 2.46. The van der Waals surface area contributed by atoms with Gasteiger partial charge >= 0.3 is 0 Å².